The van der Waals surface area contributed by atoms with Crippen LogP contribution in [0.1, 0.15) is 48.5 Å². The fraction of sp³-hybridized carbons (Fsp3) is 0.917. The summed E-state index contributed by atoms with van der Waals surface area (Å²) in [6, 6.07) is -0.589. The Kier molecular flexibility index (Phi) is 4.17. The zero-order chi connectivity index (χ0) is 13.4. The van der Waals surface area contributed by atoms with Crippen molar-refractivity contribution < 1.29 is 9.90 Å². The zero-order valence-electron chi connectivity index (χ0n) is 11.5. The van der Waals surface area contributed by atoms with E-state index >= 15 is 0 Å². The van der Waals surface area contributed by atoms with Gasteiger partial charge in [0.15, 0.2) is 0 Å². The molecule has 0 heterocycles. The van der Waals surface area contributed by atoms with Gasteiger partial charge < -0.3 is 16.2 Å². The Morgan fingerprint density at radius 2 is 1.50 bits per heavy atom. The highest BCUT2D eigenvalue weighted by Gasteiger charge is 2.39. The van der Waals surface area contributed by atoms with Gasteiger partial charge in [0, 0.05) is 0 Å². The fourth-order valence-electron chi connectivity index (χ4n) is 0.932. The lowest BCUT2D eigenvalue weighted by Crippen LogP contribution is -2.62. The standard InChI is InChI=1S/C12H26N2O2/c1-10(2,3)8(13)9(15)14-11(4,5)12(6,7)16/h8,16H,13H2,1-7H3,(H,14,15)/t8-/m0/s1. The van der Waals surface area contributed by atoms with Crippen molar-refractivity contribution in [1.82, 2.24) is 5.32 Å². The first-order chi connectivity index (χ1) is 6.79. The van der Waals surface area contributed by atoms with E-state index < -0.39 is 17.2 Å². The van der Waals surface area contributed by atoms with Crippen LogP contribution in [0.25, 0.3) is 0 Å². The zero-order valence-corrected chi connectivity index (χ0v) is 11.5. The molecule has 1 amide bonds. The quantitative estimate of drug-likeness (QED) is 0.677. The SMILES string of the molecule is CC(C)(C)[C@@H](N)C(=O)NC(C)(C)C(C)(C)O. The number of rotatable bonds is 3. The van der Waals surface area contributed by atoms with Crippen LogP contribution < -0.4 is 11.1 Å². The van der Waals surface area contributed by atoms with Crippen molar-refractivity contribution in [2.75, 3.05) is 0 Å². The van der Waals surface area contributed by atoms with E-state index in [2.05, 4.69) is 5.32 Å². The smallest absolute Gasteiger partial charge is 0.237 e. The van der Waals surface area contributed by atoms with Crippen LogP contribution in [0, 0.1) is 5.41 Å². The van der Waals surface area contributed by atoms with Gasteiger partial charge in [0.05, 0.1) is 17.2 Å². The van der Waals surface area contributed by atoms with Crippen LogP contribution in [0.3, 0.4) is 0 Å². The molecule has 0 saturated carbocycles. The van der Waals surface area contributed by atoms with Crippen LogP contribution in [0.4, 0.5) is 0 Å². The Morgan fingerprint density at radius 3 is 1.75 bits per heavy atom. The maximum absolute atomic E-state index is 11.9. The molecule has 1 atom stereocenters. The number of hydrogen-bond donors (Lipinski definition) is 3. The summed E-state index contributed by atoms with van der Waals surface area (Å²) in [7, 11) is 0. The predicted octanol–water partition coefficient (Wildman–Crippen LogP) is 1.03. The van der Waals surface area contributed by atoms with Crippen molar-refractivity contribution in [1.29, 1.82) is 0 Å². The Bertz CT molecular complexity index is 259. The first-order valence-corrected chi connectivity index (χ1v) is 5.59. The summed E-state index contributed by atoms with van der Waals surface area (Å²) in [4.78, 5) is 11.9. The molecule has 0 radical (unpaired) electrons. The van der Waals surface area contributed by atoms with Crippen molar-refractivity contribution in [3.8, 4) is 0 Å². The Balaban J connectivity index is 4.71. The van der Waals surface area contributed by atoms with E-state index in [1.165, 1.54) is 0 Å². The van der Waals surface area contributed by atoms with Gasteiger partial charge in [-0.3, -0.25) is 4.79 Å². The molecule has 0 aliphatic rings. The second-order valence-electron chi connectivity index (χ2n) is 6.52. The third-order valence-electron chi connectivity index (χ3n) is 3.18. The molecular formula is C12H26N2O2. The lowest BCUT2D eigenvalue weighted by molar-refractivity contribution is -0.129. The van der Waals surface area contributed by atoms with Crippen LogP contribution in [0.2, 0.25) is 0 Å². The Morgan fingerprint density at radius 1 is 1.12 bits per heavy atom. The van der Waals surface area contributed by atoms with E-state index in [1.54, 1.807) is 27.7 Å². The van der Waals surface area contributed by atoms with Gasteiger partial charge >= 0.3 is 0 Å². The van der Waals surface area contributed by atoms with E-state index in [9.17, 15) is 9.90 Å². The van der Waals surface area contributed by atoms with Crippen molar-refractivity contribution in [2.24, 2.45) is 11.1 Å². The number of amides is 1. The van der Waals surface area contributed by atoms with Crippen molar-refractivity contribution in [3.63, 3.8) is 0 Å². The molecule has 4 nitrogen and oxygen atoms in total. The summed E-state index contributed by atoms with van der Waals surface area (Å²) >= 11 is 0. The molecule has 0 aromatic carbocycles. The van der Waals surface area contributed by atoms with E-state index in [-0.39, 0.29) is 11.3 Å². The molecule has 96 valence electrons. The second kappa shape index (κ2) is 4.34. The fourth-order valence-corrected chi connectivity index (χ4v) is 0.932. The molecule has 16 heavy (non-hydrogen) atoms. The summed E-state index contributed by atoms with van der Waals surface area (Å²) in [6.45, 7) is 12.6. The maximum Gasteiger partial charge on any atom is 0.237 e. The summed E-state index contributed by atoms with van der Waals surface area (Å²) in [5.41, 5.74) is 3.84. The number of nitrogens with two attached hydrogens (primary N) is 1. The van der Waals surface area contributed by atoms with Crippen molar-refractivity contribution >= 4 is 5.91 Å². The van der Waals surface area contributed by atoms with E-state index in [0.29, 0.717) is 0 Å². The molecule has 0 aliphatic heterocycles. The van der Waals surface area contributed by atoms with Gasteiger partial charge in [-0.2, -0.15) is 0 Å². The number of aliphatic hydroxyl groups is 1. The summed E-state index contributed by atoms with van der Waals surface area (Å²) in [6.07, 6.45) is 0. The third kappa shape index (κ3) is 3.76. The largest absolute Gasteiger partial charge is 0.388 e. The van der Waals surface area contributed by atoms with Gasteiger partial charge in [0.2, 0.25) is 5.91 Å². The maximum atomic E-state index is 11.9. The van der Waals surface area contributed by atoms with Crippen LogP contribution in [0.15, 0.2) is 0 Å². The second-order valence-corrected chi connectivity index (χ2v) is 6.52. The average molecular weight is 230 g/mol. The first kappa shape index (κ1) is 15.4. The Labute approximate surface area is 98.6 Å². The lowest BCUT2D eigenvalue weighted by Gasteiger charge is -2.39. The predicted molar refractivity (Wildman–Crippen MR) is 65.9 cm³/mol. The summed E-state index contributed by atoms with van der Waals surface area (Å²) in [5.74, 6) is -0.236. The number of carbonyl (C=O) groups is 1. The van der Waals surface area contributed by atoms with Crippen LogP contribution in [-0.2, 0) is 4.79 Å². The van der Waals surface area contributed by atoms with Crippen LogP contribution in [0.5, 0.6) is 0 Å². The van der Waals surface area contributed by atoms with Gasteiger partial charge in [0.1, 0.15) is 0 Å². The topological polar surface area (TPSA) is 75.4 Å². The summed E-state index contributed by atoms with van der Waals surface area (Å²) in [5, 5.41) is 12.7. The van der Waals surface area contributed by atoms with E-state index in [4.69, 9.17) is 5.73 Å². The monoisotopic (exact) mass is 230 g/mol. The highest BCUT2D eigenvalue weighted by Crippen LogP contribution is 2.23. The Hall–Kier alpha value is -0.610. The molecule has 0 rings (SSSR count). The van der Waals surface area contributed by atoms with Gasteiger partial charge in [0.25, 0.3) is 0 Å². The molecule has 4 heteroatoms. The molecule has 0 saturated heterocycles. The van der Waals surface area contributed by atoms with Gasteiger partial charge in [-0.25, -0.2) is 0 Å². The van der Waals surface area contributed by atoms with E-state index in [1.807, 2.05) is 20.8 Å². The molecule has 0 aromatic rings. The molecule has 0 unspecified atom stereocenters. The molecule has 0 aliphatic carbocycles. The minimum Gasteiger partial charge on any atom is -0.388 e. The molecule has 0 aromatic heterocycles. The molecule has 0 spiro atoms. The minimum absolute atomic E-state index is 0.236. The van der Waals surface area contributed by atoms with Gasteiger partial charge in [-0.1, -0.05) is 20.8 Å². The van der Waals surface area contributed by atoms with Crippen LogP contribution in [-0.4, -0.2) is 28.2 Å². The van der Waals surface area contributed by atoms with Crippen LogP contribution >= 0.6 is 0 Å². The number of hydrogen-bond acceptors (Lipinski definition) is 3. The lowest BCUT2D eigenvalue weighted by atomic mass is 9.83. The third-order valence-corrected chi connectivity index (χ3v) is 3.18. The number of nitrogens with one attached hydrogen (secondary N) is 1. The van der Waals surface area contributed by atoms with E-state index in [0.717, 1.165) is 0 Å². The highest BCUT2D eigenvalue weighted by molar-refractivity contribution is 5.83. The molecule has 0 fully saturated rings. The normalized spacial score (nSPS) is 15.8. The average Bonchev–Trinajstić information content (AvgIpc) is 1.97. The molecule has 4 N–H and O–H groups in total. The van der Waals surface area contributed by atoms with Gasteiger partial charge in [-0.05, 0) is 33.1 Å². The first-order valence-electron chi connectivity index (χ1n) is 5.59. The van der Waals surface area contributed by atoms with Gasteiger partial charge in [-0.15, -0.1) is 0 Å². The highest BCUT2D eigenvalue weighted by atomic mass is 16.3. The molecular weight excluding hydrogens is 204 g/mol. The number of carbonyl (C=O) groups excluding carboxylic acids is 1. The van der Waals surface area contributed by atoms with Crippen molar-refractivity contribution in [2.45, 2.75) is 65.6 Å². The molecule has 0 bridgehead atoms. The summed E-state index contributed by atoms with van der Waals surface area (Å²) < 4.78 is 0. The minimum atomic E-state index is -1.000. The van der Waals surface area contributed by atoms with Crippen molar-refractivity contribution in [3.05, 3.63) is 0 Å².